The topological polar surface area (TPSA) is 160 Å². The number of aromatic nitrogens is 3. The van der Waals surface area contributed by atoms with E-state index in [-0.39, 0.29) is 31.2 Å². The van der Waals surface area contributed by atoms with Crippen molar-refractivity contribution in [1.29, 1.82) is 0 Å². The lowest BCUT2D eigenvalue weighted by Gasteiger charge is -2.32. The van der Waals surface area contributed by atoms with Crippen LogP contribution in [0.25, 0.3) is 32.7 Å². The SMILES string of the molecule is CCCCOC(=O)[C@H](C)N[P@](=O)(OC[C@@](O)(CC)n1c(COCC)nc2c(N)nc3ccccc3c21)Oc1ccc2ccccc2c1. The van der Waals surface area contributed by atoms with E-state index in [1.807, 2.05) is 68.4 Å². The van der Waals surface area contributed by atoms with E-state index < -0.39 is 32.1 Å². The Bertz CT molecular complexity index is 1910. The second-order valence-corrected chi connectivity index (χ2v) is 13.0. The molecule has 250 valence electrons. The van der Waals surface area contributed by atoms with Crippen LogP contribution < -0.4 is 15.3 Å². The maximum Gasteiger partial charge on any atom is 0.459 e. The van der Waals surface area contributed by atoms with Gasteiger partial charge < -0.3 is 24.8 Å². The predicted octanol–water partition coefficient (Wildman–Crippen LogP) is 6.44. The number of nitrogens with one attached hydrogen (secondary N) is 1. The smallest absolute Gasteiger partial charge is 0.459 e. The van der Waals surface area contributed by atoms with Gasteiger partial charge in [0.05, 0.1) is 17.6 Å². The van der Waals surface area contributed by atoms with Crippen LogP contribution in [0.15, 0.2) is 66.7 Å². The summed E-state index contributed by atoms with van der Waals surface area (Å²) in [7, 11) is -4.35. The third-order valence-corrected chi connectivity index (χ3v) is 9.49. The van der Waals surface area contributed by atoms with Gasteiger partial charge in [0, 0.05) is 12.0 Å². The van der Waals surface area contributed by atoms with Crippen molar-refractivity contribution in [3.8, 4) is 5.75 Å². The molecule has 3 atom stereocenters. The first-order chi connectivity index (χ1) is 22.6. The van der Waals surface area contributed by atoms with Crippen molar-refractivity contribution in [1.82, 2.24) is 19.6 Å². The third-order valence-electron chi connectivity index (χ3n) is 7.87. The Morgan fingerprint density at radius 1 is 1.06 bits per heavy atom. The number of nitrogens with two attached hydrogens (primary N) is 1. The highest BCUT2D eigenvalue weighted by molar-refractivity contribution is 7.52. The molecule has 12 nitrogen and oxygen atoms in total. The highest BCUT2D eigenvalue weighted by Gasteiger charge is 2.39. The minimum absolute atomic E-state index is 0.0609. The van der Waals surface area contributed by atoms with Crippen molar-refractivity contribution in [2.45, 2.75) is 65.3 Å². The van der Waals surface area contributed by atoms with E-state index in [2.05, 4.69) is 10.1 Å². The Hall–Kier alpha value is -4.06. The van der Waals surface area contributed by atoms with Crippen LogP contribution >= 0.6 is 7.75 Å². The van der Waals surface area contributed by atoms with Gasteiger partial charge >= 0.3 is 13.7 Å². The summed E-state index contributed by atoms with van der Waals surface area (Å²) in [5.74, 6) is 0.216. The number of carbonyl (C=O) groups excluding carboxylic acids is 1. The monoisotopic (exact) mass is 663 g/mol. The molecule has 0 saturated carbocycles. The molecule has 4 N–H and O–H groups in total. The molecule has 3 aromatic carbocycles. The summed E-state index contributed by atoms with van der Waals surface area (Å²) in [5.41, 5.74) is 6.08. The van der Waals surface area contributed by atoms with Gasteiger partial charge in [0.2, 0.25) is 0 Å². The minimum atomic E-state index is -4.35. The lowest BCUT2D eigenvalue weighted by atomic mass is 10.1. The van der Waals surface area contributed by atoms with E-state index in [0.29, 0.717) is 40.8 Å². The molecule has 0 saturated heterocycles. The second kappa shape index (κ2) is 14.8. The number of imidazole rings is 1. The zero-order valence-electron chi connectivity index (χ0n) is 27.1. The Labute approximate surface area is 273 Å². The number of nitrogen functional groups attached to an aromatic ring is 1. The summed E-state index contributed by atoms with van der Waals surface area (Å²) in [6, 6.07) is 19.2. The first kappa shape index (κ1) is 34.3. The number of anilines is 1. The predicted molar refractivity (Wildman–Crippen MR) is 182 cm³/mol. The summed E-state index contributed by atoms with van der Waals surface area (Å²) in [4.78, 5) is 22.0. The van der Waals surface area contributed by atoms with Gasteiger partial charge in [-0.3, -0.25) is 13.9 Å². The number of benzene rings is 3. The molecule has 0 spiro atoms. The van der Waals surface area contributed by atoms with Crippen molar-refractivity contribution in [3.63, 3.8) is 0 Å². The van der Waals surface area contributed by atoms with Crippen LogP contribution in [0.1, 0.15) is 52.8 Å². The van der Waals surface area contributed by atoms with Crippen LogP contribution in [0.2, 0.25) is 0 Å². The number of nitrogens with zero attached hydrogens (tertiary/aromatic N) is 3. The molecule has 0 unspecified atom stereocenters. The van der Waals surface area contributed by atoms with Crippen LogP contribution in [-0.2, 0) is 35.7 Å². The summed E-state index contributed by atoms with van der Waals surface area (Å²) in [5, 5.41) is 17.6. The van der Waals surface area contributed by atoms with Gasteiger partial charge in [-0.15, -0.1) is 0 Å². The van der Waals surface area contributed by atoms with Crippen LogP contribution in [-0.4, -0.2) is 51.5 Å². The lowest BCUT2D eigenvalue weighted by molar-refractivity contribution is -0.145. The number of para-hydroxylation sites is 1. The molecule has 0 aliphatic carbocycles. The fourth-order valence-corrected chi connectivity index (χ4v) is 6.81. The van der Waals surface area contributed by atoms with E-state index in [1.165, 1.54) is 6.92 Å². The Morgan fingerprint density at radius 2 is 1.81 bits per heavy atom. The highest BCUT2D eigenvalue weighted by atomic mass is 31.2. The molecular formula is C34H42N5O7P. The van der Waals surface area contributed by atoms with E-state index in [1.54, 1.807) is 23.6 Å². The van der Waals surface area contributed by atoms with Crippen molar-refractivity contribution in [2.75, 3.05) is 25.6 Å². The summed E-state index contributed by atoms with van der Waals surface area (Å²) >= 11 is 0. The van der Waals surface area contributed by atoms with Gasteiger partial charge in [-0.05, 0) is 55.7 Å². The zero-order valence-corrected chi connectivity index (χ0v) is 28.0. The number of ether oxygens (including phenoxy) is 2. The Kier molecular flexibility index (Phi) is 10.8. The number of rotatable bonds is 16. The molecule has 0 aliphatic heterocycles. The molecule has 47 heavy (non-hydrogen) atoms. The number of pyridine rings is 1. The van der Waals surface area contributed by atoms with Crippen LogP contribution in [0.4, 0.5) is 5.82 Å². The first-order valence-corrected chi connectivity index (χ1v) is 17.4. The second-order valence-electron chi connectivity index (χ2n) is 11.3. The summed E-state index contributed by atoms with van der Waals surface area (Å²) in [6.45, 7) is 7.31. The van der Waals surface area contributed by atoms with E-state index in [9.17, 15) is 14.5 Å². The molecule has 0 bridgehead atoms. The molecule has 5 rings (SSSR count). The van der Waals surface area contributed by atoms with Crippen molar-refractivity contribution in [2.24, 2.45) is 0 Å². The van der Waals surface area contributed by atoms with Gasteiger partial charge in [-0.25, -0.2) is 14.5 Å². The molecule has 0 radical (unpaired) electrons. The molecule has 2 aromatic heterocycles. The maximum absolute atomic E-state index is 14.5. The van der Waals surface area contributed by atoms with Crippen LogP contribution in [0.3, 0.4) is 0 Å². The molecule has 0 aliphatic rings. The quantitative estimate of drug-likeness (QED) is 0.0606. The van der Waals surface area contributed by atoms with Gasteiger partial charge in [-0.2, -0.15) is 5.09 Å². The van der Waals surface area contributed by atoms with Gasteiger partial charge in [0.15, 0.2) is 11.5 Å². The number of unbranched alkanes of at least 4 members (excludes halogenated alkanes) is 1. The average molecular weight is 664 g/mol. The Morgan fingerprint density at radius 3 is 2.55 bits per heavy atom. The zero-order chi connectivity index (χ0) is 33.6. The number of fused-ring (bicyclic) bond motifs is 4. The number of carbonyl (C=O) groups is 1. The Balaban J connectivity index is 1.54. The fraction of sp³-hybridized carbons (Fsp3) is 0.382. The van der Waals surface area contributed by atoms with Crippen molar-refractivity contribution in [3.05, 3.63) is 72.6 Å². The molecule has 0 amide bonds. The van der Waals surface area contributed by atoms with Crippen molar-refractivity contribution < 1.29 is 33.0 Å². The third kappa shape index (κ3) is 7.58. The largest absolute Gasteiger partial charge is 0.465 e. The van der Waals surface area contributed by atoms with E-state index in [0.717, 1.165) is 17.2 Å². The van der Waals surface area contributed by atoms with Crippen LogP contribution in [0.5, 0.6) is 5.75 Å². The van der Waals surface area contributed by atoms with Gasteiger partial charge in [-0.1, -0.05) is 68.8 Å². The number of hydrogen-bond donors (Lipinski definition) is 3. The summed E-state index contributed by atoms with van der Waals surface area (Å²) in [6.07, 6.45) is 1.66. The number of esters is 1. The first-order valence-electron chi connectivity index (χ1n) is 15.8. The number of aliphatic hydroxyl groups is 1. The number of hydrogen-bond acceptors (Lipinski definition) is 10. The lowest BCUT2D eigenvalue weighted by Crippen LogP contribution is -2.41. The van der Waals surface area contributed by atoms with Crippen molar-refractivity contribution >= 4 is 52.2 Å². The molecule has 0 fully saturated rings. The summed E-state index contributed by atoms with van der Waals surface area (Å²) < 4.78 is 39.3. The molecule has 5 aromatic rings. The fourth-order valence-electron chi connectivity index (χ4n) is 5.28. The normalized spacial score (nSPS) is 15.0. The van der Waals surface area contributed by atoms with Crippen LogP contribution in [0, 0.1) is 0 Å². The maximum atomic E-state index is 14.5. The highest BCUT2D eigenvalue weighted by Crippen LogP contribution is 2.47. The minimum Gasteiger partial charge on any atom is -0.465 e. The van der Waals surface area contributed by atoms with Gasteiger partial charge in [0.1, 0.15) is 36.3 Å². The molecule has 2 heterocycles. The average Bonchev–Trinajstić information content (AvgIpc) is 3.47. The van der Waals surface area contributed by atoms with E-state index in [4.69, 9.17) is 29.2 Å². The molecular weight excluding hydrogens is 621 g/mol. The van der Waals surface area contributed by atoms with E-state index >= 15 is 0 Å². The van der Waals surface area contributed by atoms with Gasteiger partial charge in [0.25, 0.3) is 0 Å². The molecule has 13 heteroatoms. The standard InChI is InChI=1S/C34H42N5O7P/c1-5-8-19-44-33(40)23(4)38-47(42,46-26-18-17-24-13-9-10-14-25(24)20-26)45-22-34(41,6-2)39-29(21-43-7-3)37-30-31(39)27-15-11-12-16-28(27)36-32(30)35/h9-18,20,23,41H,5-8,19,21-22H2,1-4H3,(H2,35,36)(H,38,42)/t23-,34-,47-/m0/s1.